The minimum atomic E-state index is 0. The molecule has 0 amide bonds. The maximum atomic E-state index is 10.6. The average molecular weight is 284 g/mol. The van der Waals surface area contributed by atoms with E-state index in [4.69, 9.17) is 0 Å². The van der Waals surface area contributed by atoms with Crippen LogP contribution >= 0.6 is 0 Å². The van der Waals surface area contributed by atoms with Crippen LogP contribution in [-0.2, 0) is 0 Å². The first-order valence-corrected chi connectivity index (χ1v) is 7.60. The first-order chi connectivity index (χ1) is 8.60. The number of halogens is 1. The summed E-state index contributed by atoms with van der Waals surface area (Å²) in [5.41, 5.74) is 2.44. The molecule has 2 nitrogen and oxygen atoms in total. The van der Waals surface area contributed by atoms with Crippen LogP contribution in [0.2, 0.25) is 0 Å². The summed E-state index contributed by atoms with van der Waals surface area (Å²) in [6, 6.07) is 0.123. The van der Waals surface area contributed by atoms with Gasteiger partial charge in [-0.3, -0.25) is 5.21 Å². The molecule has 0 aromatic carbocycles. The van der Waals surface area contributed by atoms with Gasteiger partial charge in [-0.2, -0.15) is 0 Å². The molecular formula is C16H26ClNO. The molecule has 1 unspecified atom stereocenters. The molecule has 0 aromatic rings. The van der Waals surface area contributed by atoms with E-state index < -0.39 is 0 Å². The van der Waals surface area contributed by atoms with Crippen molar-refractivity contribution in [2.75, 3.05) is 0 Å². The van der Waals surface area contributed by atoms with Gasteiger partial charge in [0.1, 0.15) is 0 Å². The highest BCUT2D eigenvalue weighted by atomic mass is 35.5. The summed E-state index contributed by atoms with van der Waals surface area (Å²) in [4.78, 5) is 0. The zero-order chi connectivity index (χ0) is 12.9. The Morgan fingerprint density at radius 1 is 1.21 bits per heavy atom. The molecule has 0 spiro atoms. The summed E-state index contributed by atoms with van der Waals surface area (Å²) in [5, 5.41) is 10.6. The van der Waals surface area contributed by atoms with E-state index in [1.165, 1.54) is 37.8 Å². The lowest BCUT2D eigenvalue weighted by Crippen LogP contribution is -3.00. The quantitative estimate of drug-likeness (QED) is 0.349. The van der Waals surface area contributed by atoms with Crippen LogP contribution < -0.4 is 12.4 Å². The molecule has 19 heavy (non-hydrogen) atoms. The van der Waals surface area contributed by atoms with Crippen molar-refractivity contribution in [2.24, 2.45) is 23.7 Å². The number of nitrogens with zero attached hydrogens (tertiary/aromatic N) is 1. The summed E-state index contributed by atoms with van der Waals surface area (Å²) in [7, 11) is 0. The largest absolute Gasteiger partial charge is 1.00 e. The highest BCUT2D eigenvalue weighted by Gasteiger charge is 2.51. The van der Waals surface area contributed by atoms with Crippen LogP contribution in [0.15, 0.2) is 12.2 Å². The second-order valence-electron chi connectivity index (χ2n) is 6.84. The van der Waals surface area contributed by atoms with Gasteiger partial charge in [-0.1, -0.05) is 13.5 Å². The lowest BCUT2D eigenvalue weighted by Gasteiger charge is -2.48. The van der Waals surface area contributed by atoms with Crippen molar-refractivity contribution in [1.29, 1.82) is 0 Å². The summed E-state index contributed by atoms with van der Waals surface area (Å²) >= 11 is 0. The highest BCUT2D eigenvalue weighted by molar-refractivity contribution is 5.86. The monoisotopic (exact) mass is 283 g/mol. The first-order valence-electron chi connectivity index (χ1n) is 7.60. The lowest BCUT2D eigenvalue weighted by atomic mass is 9.55. The minimum Gasteiger partial charge on any atom is -1.00 e. The van der Waals surface area contributed by atoms with Gasteiger partial charge in [0, 0.05) is 18.3 Å². The SMILES string of the molecule is C=C(C)C(CC)[N+](O)=C1C2CC3CC(C2)CC1C3.[Cl-]. The van der Waals surface area contributed by atoms with Gasteiger partial charge < -0.3 is 12.4 Å². The van der Waals surface area contributed by atoms with E-state index in [1.807, 2.05) is 6.92 Å². The van der Waals surface area contributed by atoms with Gasteiger partial charge in [0.2, 0.25) is 11.8 Å². The fourth-order valence-electron chi connectivity index (χ4n) is 4.95. The van der Waals surface area contributed by atoms with Crippen molar-refractivity contribution in [3.05, 3.63) is 12.2 Å². The molecule has 1 atom stereocenters. The molecule has 4 aliphatic carbocycles. The van der Waals surface area contributed by atoms with E-state index in [1.54, 1.807) is 4.74 Å². The van der Waals surface area contributed by atoms with Gasteiger partial charge in [0.15, 0.2) is 0 Å². The molecule has 3 heteroatoms. The van der Waals surface area contributed by atoms with E-state index in [-0.39, 0.29) is 18.4 Å². The standard InChI is InChI=1S/C16H26NO.ClH/c1-4-15(10(2)3)17(18)16-13-6-11-5-12(8-13)9-14(16)7-11;/h11-15,18H,2,4-9H2,1,3H3;1H/q+1;/p-1. The topological polar surface area (TPSA) is 23.2 Å². The molecule has 0 aliphatic heterocycles. The van der Waals surface area contributed by atoms with Gasteiger partial charge in [-0.25, -0.2) is 0 Å². The smallest absolute Gasteiger partial charge is 0.222 e. The maximum Gasteiger partial charge on any atom is 0.222 e. The third kappa shape index (κ3) is 2.44. The maximum absolute atomic E-state index is 10.6. The molecule has 1 N–H and O–H groups in total. The van der Waals surface area contributed by atoms with Gasteiger partial charge in [0.05, 0.1) is 0 Å². The van der Waals surface area contributed by atoms with Crippen molar-refractivity contribution in [2.45, 2.75) is 58.4 Å². The fourth-order valence-corrected chi connectivity index (χ4v) is 4.95. The first kappa shape index (κ1) is 14.9. The molecule has 4 saturated carbocycles. The molecule has 0 radical (unpaired) electrons. The van der Waals surface area contributed by atoms with E-state index >= 15 is 0 Å². The van der Waals surface area contributed by atoms with Crippen LogP contribution in [0.3, 0.4) is 0 Å². The molecule has 4 rings (SSSR count). The predicted octanol–water partition coefficient (Wildman–Crippen LogP) is 0.644. The van der Waals surface area contributed by atoms with Crippen molar-refractivity contribution in [3.8, 4) is 0 Å². The summed E-state index contributed by atoms with van der Waals surface area (Å²) in [5.74, 6) is 3.24. The highest BCUT2D eigenvalue weighted by Crippen LogP contribution is 2.52. The molecule has 0 aromatic heterocycles. The summed E-state index contributed by atoms with van der Waals surface area (Å²) < 4.78 is 1.62. The Labute approximate surface area is 123 Å². The number of rotatable bonds is 3. The Hall–Kier alpha value is -0.500. The van der Waals surface area contributed by atoms with Crippen molar-refractivity contribution in [3.63, 3.8) is 0 Å². The van der Waals surface area contributed by atoms with Crippen LogP contribution in [0.1, 0.15) is 52.4 Å². The second kappa shape index (κ2) is 5.47. The molecule has 4 bridgehead atoms. The summed E-state index contributed by atoms with van der Waals surface area (Å²) in [6.45, 7) is 8.22. The normalized spacial score (nSPS) is 36.8. The Morgan fingerprint density at radius 2 is 1.68 bits per heavy atom. The third-order valence-corrected chi connectivity index (χ3v) is 5.49. The zero-order valence-electron chi connectivity index (χ0n) is 12.1. The Balaban J connectivity index is 0.00000133. The Bertz CT molecular complexity index is 372. The van der Waals surface area contributed by atoms with Gasteiger partial charge in [-0.15, -0.1) is 0 Å². The van der Waals surface area contributed by atoms with Gasteiger partial charge in [0.25, 0.3) is 0 Å². The number of hydroxylamine groups is 1. The fraction of sp³-hybridized carbons (Fsp3) is 0.812. The van der Waals surface area contributed by atoms with E-state index in [2.05, 4.69) is 13.5 Å². The molecule has 0 saturated heterocycles. The Morgan fingerprint density at radius 3 is 2.05 bits per heavy atom. The van der Waals surface area contributed by atoms with Crippen molar-refractivity contribution in [1.82, 2.24) is 0 Å². The zero-order valence-corrected chi connectivity index (χ0v) is 12.9. The van der Waals surface area contributed by atoms with E-state index in [9.17, 15) is 5.21 Å². The molecule has 108 valence electrons. The molecule has 4 fully saturated rings. The molecule has 0 heterocycles. The van der Waals surface area contributed by atoms with Crippen LogP contribution in [0.5, 0.6) is 0 Å². The number of hydrogen-bond acceptors (Lipinski definition) is 1. The minimum absolute atomic E-state index is 0. The summed E-state index contributed by atoms with van der Waals surface area (Å²) in [6.07, 6.45) is 7.71. The van der Waals surface area contributed by atoms with Crippen LogP contribution in [0.4, 0.5) is 0 Å². The lowest BCUT2D eigenvalue weighted by molar-refractivity contribution is -0.797. The van der Waals surface area contributed by atoms with Gasteiger partial charge >= 0.3 is 0 Å². The molecular weight excluding hydrogens is 258 g/mol. The third-order valence-electron chi connectivity index (χ3n) is 5.49. The van der Waals surface area contributed by atoms with Crippen LogP contribution in [0, 0.1) is 23.7 Å². The average Bonchev–Trinajstić information content (AvgIpc) is 2.27. The van der Waals surface area contributed by atoms with Crippen LogP contribution in [-0.4, -0.2) is 21.7 Å². The van der Waals surface area contributed by atoms with Gasteiger partial charge in [-0.05, 0) is 61.2 Å². The molecule has 4 aliphatic rings. The van der Waals surface area contributed by atoms with E-state index in [0.29, 0.717) is 11.8 Å². The van der Waals surface area contributed by atoms with Crippen LogP contribution in [0.25, 0.3) is 0 Å². The number of hydrogen-bond donors (Lipinski definition) is 1. The second-order valence-corrected chi connectivity index (χ2v) is 6.84. The predicted molar refractivity (Wildman–Crippen MR) is 73.0 cm³/mol. The van der Waals surface area contributed by atoms with Crippen molar-refractivity contribution < 1.29 is 22.4 Å². The Kier molecular flexibility index (Phi) is 4.29. The van der Waals surface area contributed by atoms with Crippen molar-refractivity contribution >= 4 is 5.71 Å². The van der Waals surface area contributed by atoms with E-state index in [0.717, 1.165) is 23.8 Å².